The molecule has 0 aliphatic carbocycles. The van der Waals surface area contributed by atoms with E-state index in [0.717, 1.165) is 11.4 Å². The third-order valence-corrected chi connectivity index (χ3v) is 5.60. The molecule has 0 radical (unpaired) electrons. The number of methoxy groups -OCH3 is 1. The maximum Gasteiger partial charge on any atom is 0.330 e. The molecule has 10 heteroatoms. The number of para-hydroxylation sites is 1. The van der Waals surface area contributed by atoms with Gasteiger partial charge in [-0.2, -0.15) is 0 Å². The summed E-state index contributed by atoms with van der Waals surface area (Å²) in [4.78, 5) is 46.4. The Hall–Kier alpha value is -3.40. The van der Waals surface area contributed by atoms with E-state index >= 15 is 0 Å². The number of ether oxygens (including phenoxy) is 1. The molecule has 0 aliphatic heterocycles. The number of carbonyl (C=O) groups is 1. The fourth-order valence-corrected chi connectivity index (χ4v) is 3.82. The molecule has 1 aromatic carbocycles. The molecule has 2 aromatic heterocycles. The van der Waals surface area contributed by atoms with Gasteiger partial charge in [-0.1, -0.05) is 31.5 Å². The molecule has 0 unspecified atom stereocenters. The first-order valence-electron chi connectivity index (χ1n) is 9.85. The van der Waals surface area contributed by atoms with Gasteiger partial charge in [0.15, 0.2) is 5.69 Å². The van der Waals surface area contributed by atoms with Gasteiger partial charge in [0.1, 0.15) is 17.3 Å². The van der Waals surface area contributed by atoms with Crippen LogP contribution in [0.2, 0.25) is 0 Å². The predicted molar refractivity (Wildman–Crippen MR) is 121 cm³/mol. The SMILES string of the molecule is CCCCn1c(N)c(N(Cc2ccccc2OC)C(=O)c2csc(C)n2)c(=O)[nH]c1=O. The van der Waals surface area contributed by atoms with Gasteiger partial charge in [-0.15, -0.1) is 11.3 Å². The molecule has 1 amide bonds. The minimum Gasteiger partial charge on any atom is -0.496 e. The van der Waals surface area contributed by atoms with Crippen molar-refractivity contribution in [3.8, 4) is 5.75 Å². The van der Waals surface area contributed by atoms with Gasteiger partial charge < -0.3 is 10.5 Å². The predicted octanol–water partition coefficient (Wildman–Crippen LogP) is 2.54. The molecule has 3 rings (SSSR count). The number of anilines is 2. The Kier molecular flexibility index (Phi) is 6.91. The van der Waals surface area contributed by atoms with Crippen LogP contribution in [0.3, 0.4) is 0 Å². The van der Waals surface area contributed by atoms with E-state index in [4.69, 9.17) is 10.5 Å². The third kappa shape index (κ3) is 4.69. The standard InChI is InChI=1S/C21H25N5O4S/c1-4-5-10-25-18(22)17(19(27)24-21(25)29)26(20(28)15-12-31-13(2)23-15)11-14-8-6-7-9-16(14)30-3/h6-9,12H,4-5,10-11,22H2,1-3H3,(H,24,27,29). The zero-order chi connectivity index (χ0) is 22.5. The van der Waals surface area contributed by atoms with E-state index in [-0.39, 0.29) is 23.7 Å². The quantitative estimate of drug-likeness (QED) is 0.551. The van der Waals surface area contributed by atoms with Crippen molar-refractivity contribution in [1.29, 1.82) is 0 Å². The summed E-state index contributed by atoms with van der Waals surface area (Å²) in [5.41, 5.74) is 5.73. The number of carbonyl (C=O) groups excluding carboxylic acids is 1. The lowest BCUT2D eigenvalue weighted by Gasteiger charge is -2.24. The molecular weight excluding hydrogens is 418 g/mol. The monoisotopic (exact) mass is 443 g/mol. The summed E-state index contributed by atoms with van der Waals surface area (Å²) in [5, 5.41) is 2.35. The topological polar surface area (TPSA) is 123 Å². The van der Waals surface area contributed by atoms with Gasteiger partial charge >= 0.3 is 5.69 Å². The number of rotatable bonds is 8. The first-order chi connectivity index (χ1) is 14.9. The number of thiazole rings is 1. The molecule has 0 atom stereocenters. The zero-order valence-corrected chi connectivity index (χ0v) is 18.5. The van der Waals surface area contributed by atoms with E-state index in [9.17, 15) is 14.4 Å². The molecule has 31 heavy (non-hydrogen) atoms. The van der Waals surface area contributed by atoms with Crippen molar-refractivity contribution in [1.82, 2.24) is 14.5 Å². The van der Waals surface area contributed by atoms with Crippen molar-refractivity contribution in [2.75, 3.05) is 17.7 Å². The number of nitrogens with one attached hydrogen (secondary N) is 1. The Morgan fingerprint density at radius 2 is 2.06 bits per heavy atom. The van der Waals surface area contributed by atoms with Crippen LogP contribution in [0.4, 0.5) is 11.5 Å². The Labute approximate surface area is 183 Å². The molecule has 164 valence electrons. The van der Waals surface area contributed by atoms with Crippen LogP contribution < -0.4 is 26.6 Å². The van der Waals surface area contributed by atoms with E-state index < -0.39 is 17.2 Å². The van der Waals surface area contributed by atoms with E-state index in [1.165, 1.54) is 27.9 Å². The molecule has 2 heterocycles. The lowest BCUT2D eigenvalue weighted by atomic mass is 10.1. The van der Waals surface area contributed by atoms with E-state index in [2.05, 4.69) is 9.97 Å². The van der Waals surface area contributed by atoms with E-state index in [1.54, 1.807) is 24.4 Å². The molecule has 3 N–H and O–H groups in total. The summed E-state index contributed by atoms with van der Waals surface area (Å²) in [6.45, 7) is 4.12. The Bertz CT molecular complexity index is 1200. The van der Waals surface area contributed by atoms with Crippen LogP contribution >= 0.6 is 11.3 Å². The van der Waals surface area contributed by atoms with Gasteiger partial charge in [-0.05, 0) is 19.4 Å². The lowest BCUT2D eigenvalue weighted by molar-refractivity contribution is 0.0980. The van der Waals surface area contributed by atoms with E-state index in [1.807, 2.05) is 19.1 Å². The van der Waals surface area contributed by atoms with Crippen LogP contribution in [0.15, 0.2) is 39.2 Å². The van der Waals surface area contributed by atoms with Gasteiger partial charge in [-0.25, -0.2) is 9.78 Å². The first-order valence-corrected chi connectivity index (χ1v) is 10.7. The highest BCUT2D eigenvalue weighted by Crippen LogP contribution is 2.26. The van der Waals surface area contributed by atoms with Crippen LogP contribution in [0.1, 0.15) is 40.8 Å². The summed E-state index contributed by atoms with van der Waals surface area (Å²) >= 11 is 1.33. The van der Waals surface area contributed by atoms with Crippen LogP contribution in [-0.4, -0.2) is 27.6 Å². The number of nitrogens with zero attached hydrogens (tertiary/aromatic N) is 3. The summed E-state index contributed by atoms with van der Waals surface area (Å²) in [6, 6.07) is 7.18. The Morgan fingerprint density at radius 3 is 2.71 bits per heavy atom. The van der Waals surface area contributed by atoms with E-state index in [0.29, 0.717) is 24.3 Å². The van der Waals surface area contributed by atoms with Crippen molar-refractivity contribution in [3.05, 3.63) is 66.7 Å². The summed E-state index contributed by atoms with van der Waals surface area (Å²) in [7, 11) is 1.53. The number of aromatic amines is 1. The molecule has 0 saturated heterocycles. The highest BCUT2D eigenvalue weighted by molar-refractivity contribution is 7.09. The van der Waals surface area contributed by atoms with Crippen molar-refractivity contribution >= 4 is 28.7 Å². The van der Waals surface area contributed by atoms with Crippen molar-refractivity contribution in [2.45, 2.75) is 39.8 Å². The van der Waals surface area contributed by atoms with Crippen LogP contribution in [0, 0.1) is 6.92 Å². The zero-order valence-electron chi connectivity index (χ0n) is 17.7. The first kappa shape index (κ1) is 22.3. The number of hydrogen-bond donors (Lipinski definition) is 2. The number of nitrogens with two attached hydrogens (primary N) is 1. The van der Waals surface area contributed by atoms with Crippen LogP contribution in [0.5, 0.6) is 5.75 Å². The maximum absolute atomic E-state index is 13.4. The van der Waals surface area contributed by atoms with Gasteiger partial charge in [0.2, 0.25) is 0 Å². The number of H-pyrrole nitrogens is 1. The smallest absolute Gasteiger partial charge is 0.330 e. The lowest BCUT2D eigenvalue weighted by Crippen LogP contribution is -2.41. The molecule has 9 nitrogen and oxygen atoms in total. The second-order valence-electron chi connectivity index (χ2n) is 6.95. The maximum atomic E-state index is 13.4. The second kappa shape index (κ2) is 9.61. The molecule has 3 aromatic rings. The second-order valence-corrected chi connectivity index (χ2v) is 8.02. The van der Waals surface area contributed by atoms with Crippen LogP contribution in [-0.2, 0) is 13.1 Å². The number of unbranched alkanes of at least 4 members (excludes halogenated alkanes) is 1. The molecular formula is C21H25N5O4S. The highest BCUT2D eigenvalue weighted by Gasteiger charge is 2.27. The van der Waals surface area contributed by atoms with Gasteiger partial charge in [-0.3, -0.25) is 24.0 Å². The third-order valence-electron chi connectivity index (χ3n) is 4.82. The fraction of sp³-hybridized carbons (Fsp3) is 0.333. The fourth-order valence-electron chi connectivity index (χ4n) is 3.23. The Morgan fingerprint density at radius 1 is 1.32 bits per heavy atom. The molecule has 0 aliphatic rings. The highest BCUT2D eigenvalue weighted by atomic mass is 32.1. The minimum atomic E-state index is -0.731. The van der Waals surface area contributed by atoms with Crippen molar-refractivity contribution < 1.29 is 9.53 Å². The summed E-state index contributed by atoms with van der Waals surface area (Å²) < 4.78 is 6.69. The number of hydrogen-bond acceptors (Lipinski definition) is 7. The average Bonchev–Trinajstić information content (AvgIpc) is 3.18. The summed E-state index contributed by atoms with van der Waals surface area (Å²) in [6.07, 6.45) is 1.53. The van der Waals surface area contributed by atoms with Crippen LogP contribution in [0.25, 0.3) is 0 Å². The average molecular weight is 444 g/mol. The molecule has 0 saturated carbocycles. The number of amides is 1. The van der Waals surface area contributed by atoms with Crippen molar-refractivity contribution in [2.24, 2.45) is 0 Å². The number of nitrogen functional groups attached to an aromatic ring is 1. The van der Waals surface area contributed by atoms with Crippen molar-refractivity contribution in [3.63, 3.8) is 0 Å². The Balaban J connectivity index is 2.17. The normalized spacial score (nSPS) is 10.8. The molecule has 0 fully saturated rings. The summed E-state index contributed by atoms with van der Waals surface area (Å²) in [5.74, 6) is 0.00890. The van der Waals surface area contributed by atoms with Gasteiger partial charge in [0.05, 0.1) is 18.7 Å². The van der Waals surface area contributed by atoms with Gasteiger partial charge in [0.25, 0.3) is 11.5 Å². The molecule has 0 bridgehead atoms. The number of aryl methyl sites for hydroxylation is 1. The largest absolute Gasteiger partial charge is 0.496 e. The number of aromatic nitrogens is 3. The van der Waals surface area contributed by atoms with Gasteiger partial charge in [0, 0.05) is 17.5 Å². The minimum absolute atomic E-state index is 0.0126. The number of benzene rings is 1. The molecule has 0 spiro atoms.